The van der Waals surface area contributed by atoms with E-state index in [1.54, 1.807) is 21.6 Å². The molecule has 0 nitrogen and oxygen atoms in total. The Morgan fingerprint density at radius 2 is 1.93 bits per heavy atom. The van der Waals surface area contributed by atoms with Crippen LogP contribution in [0.1, 0.15) is 46.0 Å². The maximum Gasteiger partial charge on any atom is 0.102 e. The van der Waals surface area contributed by atoms with Gasteiger partial charge in [-0.1, -0.05) is 61.1 Å². The van der Waals surface area contributed by atoms with Gasteiger partial charge in [-0.05, 0) is 18.6 Å². The predicted molar refractivity (Wildman–Crippen MR) is 68.8 cm³/mol. The molecule has 2 unspecified atom stereocenters. The summed E-state index contributed by atoms with van der Waals surface area (Å²) in [5.74, 6) is 0.523. The number of hydrogen-bond donors (Lipinski definition) is 0. The third-order valence-corrected chi connectivity index (χ3v) is 4.87. The summed E-state index contributed by atoms with van der Waals surface area (Å²) in [5, 5.41) is 0.201. The summed E-state index contributed by atoms with van der Waals surface area (Å²) in [4.78, 5) is 0. The fraction of sp³-hybridized carbons (Fsp3) is 1.00. The van der Waals surface area contributed by atoms with Crippen LogP contribution >= 0.6 is 21.6 Å². The Morgan fingerprint density at radius 1 is 1.21 bits per heavy atom. The molecule has 0 rings (SSSR count). The second-order valence-electron chi connectivity index (χ2n) is 3.78. The zero-order valence-electron chi connectivity index (χ0n) is 9.59. The van der Waals surface area contributed by atoms with Crippen molar-refractivity contribution < 1.29 is 4.39 Å². The highest BCUT2D eigenvalue weighted by molar-refractivity contribution is 8.76. The average molecular weight is 238 g/mol. The second-order valence-corrected chi connectivity index (χ2v) is 6.49. The molecule has 2 atom stereocenters. The van der Waals surface area contributed by atoms with Crippen LogP contribution in [0.25, 0.3) is 0 Å². The number of unbranched alkanes of at least 4 members (excludes halogenated alkanes) is 3. The van der Waals surface area contributed by atoms with E-state index in [1.165, 1.54) is 32.1 Å². The van der Waals surface area contributed by atoms with Gasteiger partial charge in [0.1, 0.15) is 6.67 Å². The van der Waals surface area contributed by atoms with Crippen molar-refractivity contribution in [1.29, 1.82) is 0 Å². The minimum atomic E-state index is -0.180. The van der Waals surface area contributed by atoms with Crippen molar-refractivity contribution in [2.75, 3.05) is 12.9 Å². The van der Waals surface area contributed by atoms with E-state index in [2.05, 4.69) is 13.8 Å². The van der Waals surface area contributed by atoms with Gasteiger partial charge in [-0.2, -0.15) is 0 Å². The summed E-state index contributed by atoms with van der Waals surface area (Å²) in [5.41, 5.74) is 0. The van der Waals surface area contributed by atoms with E-state index >= 15 is 0 Å². The molecule has 0 fully saturated rings. The van der Waals surface area contributed by atoms with E-state index in [-0.39, 0.29) is 11.9 Å². The van der Waals surface area contributed by atoms with Gasteiger partial charge in [0.2, 0.25) is 0 Å². The van der Waals surface area contributed by atoms with Crippen LogP contribution in [-0.4, -0.2) is 18.2 Å². The fourth-order valence-corrected chi connectivity index (χ4v) is 3.56. The van der Waals surface area contributed by atoms with Crippen molar-refractivity contribution in [2.45, 2.75) is 51.2 Å². The number of alkyl halides is 1. The third-order valence-electron chi connectivity index (χ3n) is 2.52. The molecular formula is C11H23FS2. The molecular weight excluding hydrogens is 215 g/mol. The fourth-order valence-electron chi connectivity index (χ4n) is 1.48. The Bertz CT molecular complexity index is 120. The Balaban J connectivity index is 3.52. The summed E-state index contributed by atoms with van der Waals surface area (Å²) >= 11 is 0. The Hall–Kier alpha value is 0.630. The smallest absolute Gasteiger partial charge is 0.102 e. The lowest BCUT2D eigenvalue weighted by Crippen LogP contribution is -2.15. The molecule has 3 heteroatoms. The lowest BCUT2D eigenvalue weighted by molar-refractivity contribution is 0.392. The van der Waals surface area contributed by atoms with E-state index in [4.69, 9.17) is 0 Å². The van der Waals surface area contributed by atoms with Gasteiger partial charge in [-0.15, -0.1) is 0 Å². The molecule has 0 radical (unpaired) electrons. The Labute approximate surface area is 96.2 Å². The summed E-state index contributed by atoms with van der Waals surface area (Å²) in [6.45, 7) is 4.22. The molecule has 86 valence electrons. The molecule has 0 N–H and O–H groups in total. The molecule has 0 aliphatic rings. The van der Waals surface area contributed by atoms with Crippen molar-refractivity contribution >= 4 is 21.6 Å². The van der Waals surface area contributed by atoms with E-state index in [9.17, 15) is 4.39 Å². The van der Waals surface area contributed by atoms with Crippen LogP contribution in [0.15, 0.2) is 0 Å². The van der Waals surface area contributed by atoms with Crippen molar-refractivity contribution in [3.8, 4) is 0 Å². The normalized spacial score (nSPS) is 15.4. The van der Waals surface area contributed by atoms with Crippen molar-refractivity contribution in [3.63, 3.8) is 0 Å². The van der Waals surface area contributed by atoms with E-state index < -0.39 is 0 Å². The van der Waals surface area contributed by atoms with E-state index in [0.29, 0.717) is 5.92 Å². The minimum absolute atomic E-state index is 0.180. The zero-order valence-corrected chi connectivity index (χ0v) is 11.2. The Kier molecular flexibility index (Phi) is 10.6. The summed E-state index contributed by atoms with van der Waals surface area (Å²) in [7, 11) is 3.37. The molecule has 0 amide bonds. The van der Waals surface area contributed by atoms with Crippen LogP contribution in [0, 0.1) is 5.92 Å². The van der Waals surface area contributed by atoms with Crippen LogP contribution in [0.5, 0.6) is 0 Å². The lowest BCUT2D eigenvalue weighted by Gasteiger charge is -2.19. The van der Waals surface area contributed by atoms with Crippen LogP contribution in [-0.2, 0) is 0 Å². The largest absolute Gasteiger partial charge is 0.250 e. The van der Waals surface area contributed by atoms with Crippen molar-refractivity contribution in [3.05, 3.63) is 0 Å². The zero-order chi connectivity index (χ0) is 10.8. The SMILES string of the molecule is CCCCCCC(C)C(CF)SSC. The quantitative estimate of drug-likeness (QED) is 0.412. The van der Waals surface area contributed by atoms with E-state index in [1.807, 2.05) is 6.26 Å². The minimum Gasteiger partial charge on any atom is -0.250 e. The maximum atomic E-state index is 12.6. The van der Waals surface area contributed by atoms with Crippen molar-refractivity contribution in [1.82, 2.24) is 0 Å². The molecule has 0 aromatic heterocycles. The molecule has 14 heavy (non-hydrogen) atoms. The van der Waals surface area contributed by atoms with Crippen LogP contribution in [0.4, 0.5) is 4.39 Å². The van der Waals surface area contributed by atoms with Gasteiger partial charge in [0.05, 0.1) is 0 Å². The molecule has 0 aromatic carbocycles. The first-order valence-corrected chi connectivity index (χ1v) is 8.13. The van der Waals surface area contributed by atoms with Gasteiger partial charge >= 0.3 is 0 Å². The van der Waals surface area contributed by atoms with Gasteiger partial charge in [-0.25, -0.2) is 4.39 Å². The third kappa shape index (κ3) is 6.99. The average Bonchev–Trinajstić information content (AvgIpc) is 2.20. The second kappa shape index (κ2) is 10.2. The van der Waals surface area contributed by atoms with Crippen LogP contribution in [0.2, 0.25) is 0 Å². The van der Waals surface area contributed by atoms with Gasteiger partial charge in [0.25, 0.3) is 0 Å². The standard InChI is InChI=1S/C11H23FS2/c1-4-5-6-7-8-10(2)11(9-12)14-13-3/h10-11H,4-9H2,1-3H3. The van der Waals surface area contributed by atoms with Crippen LogP contribution < -0.4 is 0 Å². The predicted octanol–water partition coefficient (Wildman–Crippen LogP) is 4.94. The Morgan fingerprint density at radius 3 is 2.43 bits per heavy atom. The lowest BCUT2D eigenvalue weighted by atomic mass is 10.00. The van der Waals surface area contributed by atoms with Gasteiger partial charge in [0.15, 0.2) is 0 Å². The molecule has 0 spiro atoms. The summed E-state index contributed by atoms with van der Waals surface area (Å²) in [6, 6.07) is 0. The molecule has 0 aliphatic carbocycles. The summed E-state index contributed by atoms with van der Waals surface area (Å²) in [6.07, 6.45) is 8.38. The number of rotatable bonds is 9. The first-order valence-electron chi connectivity index (χ1n) is 5.51. The molecule has 0 aliphatic heterocycles. The number of halogens is 1. The van der Waals surface area contributed by atoms with Gasteiger partial charge < -0.3 is 0 Å². The first-order chi connectivity index (χ1) is 6.76. The van der Waals surface area contributed by atoms with Crippen molar-refractivity contribution in [2.24, 2.45) is 5.92 Å². The van der Waals surface area contributed by atoms with E-state index in [0.717, 1.165) is 0 Å². The highest BCUT2D eigenvalue weighted by atomic mass is 33.1. The van der Waals surface area contributed by atoms with Gasteiger partial charge in [-0.3, -0.25) is 0 Å². The van der Waals surface area contributed by atoms with Gasteiger partial charge in [0, 0.05) is 5.25 Å². The highest BCUT2D eigenvalue weighted by Gasteiger charge is 2.16. The molecule has 0 aromatic rings. The highest BCUT2D eigenvalue weighted by Crippen LogP contribution is 2.31. The molecule has 0 saturated carbocycles. The first kappa shape index (κ1) is 14.6. The number of hydrogen-bond acceptors (Lipinski definition) is 2. The molecule has 0 saturated heterocycles. The topological polar surface area (TPSA) is 0 Å². The monoisotopic (exact) mass is 238 g/mol. The molecule has 0 bridgehead atoms. The molecule has 0 heterocycles. The maximum absolute atomic E-state index is 12.6. The van der Waals surface area contributed by atoms with Crippen LogP contribution in [0.3, 0.4) is 0 Å². The summed E-state index contributed by atoms with van der Waals surface area (Å²) < 4.78 is 12.6.